The molecule has 1 atom stereocenters. The Labute approximate surface area is 90.4 Å². The molecule has 1 unspecified atom stereocenters. The van der Waals surface area contributed by atoms with E-state index in [-0.39, 0.29) is 5.91 Å². The summed E-state index contributed by atoms with van der Waals surface area (Å²) in [5.41, 5.74) is 5.45. The van der Waals surface area contributed by atoms with Gasteiger partial charge >= 0.3 is 0 Å². The lowest BCUT2D eigenvalue weighted by atomic mass is 10.3. The van der Waals surface area contributed by atoms with E-state index in [0.29, 0.717) is 23.6 Å². The van der Waals surface area contributed by atoms with Crippen molar-refractivity contribution >= 4 is 17.7 Å². The predicted molar refractivity (Wildman–Crippen MR) is 61.4 cm³/mol. The average Bonchev–Trinajstić information content (AvgIpc) is 2.96. The normalized spacial score (nSPS) is 17.9. The first-order chi connectivity index (χ1) is 6.65. The fourth-order valence-corrected chi connectivity index (χ4v) is 2.23. The molecule has 1 aliphatic carbocycles. The molecule has 1 fully saturated rings. The van der Waals surface area contributed by atoms with Crippen molar-refractivity contribution in [3.05, 3.63) is 0 Å². The van der Waals surface area contributed by atoms with Crippen LogP contribution in [0.4, 0.5) is 0 Å². The SMILES string of the molecule is CC(CCN)SCC(=O)N(C)C1CC1. The fraction of sp³-hybridized carbons (Fsp3) is 0.900. The molecule has 0 radical (unpaired) electrons. The van der Waals surface area contributed by atoms with Crippen LogP contribution in [0.1, 0.15) is 26.2 Å². The Hall–Kier alpha value is -0.220. The Morgan fingerprint density at radius 3 is 2.79 bits per heavy atom. The Balaban J connectivity index is 2.13. The molecule has 82 valence electrons. The molecule has 0 aliphatic heterocycles. The number of nitrogens with two attached hydrogens (primary N) is 1. The summed E-state index contributed by atoms with van der Waals surface area (Å²) in [6.07, 6.45) is 3.36. The first kappa shape index (κ1) is 11.9. The number of hydrogen-bond donors (Lipinski definition) is 1. The minimum atomic E-state index is 0.265. The highest BCUT2D eigenvalue weighted by molar-refractivity contribution is 8.00. The first-order valence-corrected chi connectivity index (χ1v) is 6.27. The van der Waals surface area contributed by atoms with Gasteiger partial charge in [0.1, 0.15) is 0 Å². The van der Waals surface area contributed by atoms with Gasteiger partial charge in [-0.25, -0.2) is 0 Å². The average molecular weight is 216 g/mol. The summed E-state index contributed by atoms with van der Waals surface area (Å²) in [5, 5.41) is 0.497. The second-order valence-corrected chi connectivity index (χ2v) is 5.36. The molecule has 3 nitrogen and oxygen atoms in total. The molecule has 1 rings (SSSR count). The Morgan fingerprint density at radius 1 is 1.64 bits per heavy atom. The van der Waals surface area contributed by atoms with Crippen LogP contribution in [0.3, 0.4) is 0 Å². The topological polar surface area (TPSA) is 46.3 Å². The van der Waals surface area contributed by atoms with Gasteiger partial charge in [-0.05, 0) is 25.8 Å². The summed E-state index contributed by atoms with van der Waals surface area (Å²) in [6, 6.07) is 0.535. The Morgan fingerprint density at radius 2 is 2.29 bits per heavy atom. The minimum absolute atomic E-state index is 0.265. The minimum Gasteiger partial charge on any atom is -0.342 e. The van der Waals surface area contributed by atoms with E-state index in [4.69, 9.17) is 5.73 Å². The number of nitrogens with zero attached hydrogens (tertiary/aromatic N) is 1. The van der Waals surface area contributed by atoms with Crippen LogP contribution in [0.15, 0.2) is 0 Å². The number of carbonyl (C=O) groups is 1. The van der Waals surface area contributed by atoms with E-state index in [0.717, 1.165) is 6.42 Å². The largest absolute Gasteiger partial charge is 0.342 e. The van der Waals surface area contributed by atoms with E-state index in [1.807, 2.05) is 11.9 Å². The molecule has 0 aromatic carbocycles. The van der Waals surface area contributed by atoms with Gasteiger partial charge in [-0.2, -0.15) is 0 Å². The third-order valence-corrected chi connectivity index (χ3v) is 3.77. The van der Waals surface area contributed by atoms with Crippen molar-refractivity contribution in [3.63, 3.8) is 0 Å². The molecule has 0 heterocycles. The van der Waals surface area contributed by atoms with E-state index < -0.39 is 0 Å². The van der Waals surface area contributed by atoms with Crippen molar-refractivity contribution in [1.82, 2.24) is 4.90 Å². The maximum Gasteiger partial charge on any atom is 0.232 e. The van der Waals surface area contributed by atoms with Crippen molar-refractivity contribution in [2.45, 2.75) is 37.5 Å². The van der Waals surface area contributed by atoms with Crippen LogP contribution < -0.4 is 5.73 Å². The zero-order valence-electron chi connectivity index (χ0n) is 9.03. The molecule has 2 N–H and O–H groups in total. The third-order valence-electron chi connectivity index (χ3n) is 2.55. The van der Waals surface area contributed by atoms with E-state index in [2.05, 4.69) is 6.92 Å². The van der Waals surface area contributed by atoms with Gasteiger partial charge in [-0.15, -0.1) is 11.8 Å². The van der Waals surface area contributed by atoms with E-state index in [9.17, 15) is 4.79 Å². The molecule has 1 amide bonds. The van der Waals surface area contributed by atoms with Gasteiger partial charge < -0.3 is 10.6 Å². The molecule has 1 aliphatic rings. The second kappa shape index (κ2) is 5.61. The molecule has 0 aromatic rings. The fourth-order valence-electron chi connectivity index (χ4n) is 1.30. The number of thioether (sulfide) groups is 1. The van der Waals surface area contributed by atoms with Crippen molar-refractivity contribution < 1.29 is 4.79 Å². The highest BCUT2D eigenvalue weighted by Gasteiger charge is 2.29. The van der Waals surface area contributed by atoms with Crippen LogP contribution in [0.5, 0.6) is 0 Å². The molecule has 14 heavy (non-hydrogen) atoms. The van der Waals surface area contributed by atoms with Crippen LogP contribution in [-0.4, -0.2) is 41.4 Å². The Bertz CT molecular complexity index is 195. The van der Waals surface area contributed by atoms with Crippen LogP contribution in [0.2, 0.25) is 0 Å². The zero-order valence-corrected chi connectivity index (χ0v) is 9.85. The van der Waals surface area contributed by atoms with Crippen LogP contribution in [-0.2, 0) is 4.79 Å². The zero-order chi connectivity index (χ0) is 10.6. The highest BCUT2D eigenvalue weighted by atomic mass is 32.2. The summed E-state index contributed by atoms with van der Waals surface area (Å²) in [7, 11) is 1.91. The maximum absolute atomic E-state index is 11.6. The second-order valence-electron chi connectivity index (χ2n) is 3.93. The lowest BCUT2D eigenvalue weighted by Crippen LogP contribution is -2.30. The number of rotatable bonds is 6. The van der Waals surface area contributed by atoms with E-state index in [1.54, 1.807) is 11.8 Å². The third kappa shape index (κ3) is 3.88. The molecule has 0 bridgehead atoms. The summed E-state index contributed by atoms with van der Waals surface area (Å²) in [6.45, 7) is 2.84. The summed E-state index contributed by atoms with van der Waals surface area (Å²) >= 11 is 1.71. The van der Waals surface area contributed by atoms with Gasteiger partial charge in [0, 0.05) is 18.3 Å². The quantitative estimate of drug-likeness (QED) is 0.722. The Kier molecular flexibility index (Phi) is 4.75. The van der Waals surface area contributed by atoms with Gasteiger partial charge in [0.05, 0.1) is 5.75 Å². The predicted octanol–water partition coefficient (Wildman–Crippen LogP) is 1.08. The van der Waals surface area contributed by atoms with Crippen molar-refractivity contribution in [2.75, 3.05) is 19.3 Å². The molecule has 0 spiro atoms. The van der Waals surface area contributed by atoms with Crippen LogP contribution in [0, 0.1) is 0 Å². The highest BCUT2D eigenvalue weighted by Crippen LogP contribution is 2.26. The molecular formula is C10H20N2OS. The van der Waals surface area contributed by atoms with Crippen LogP contribution in [0.25, 0.3) is 0 Å². The van der Waals surface area contributed by atoms with Gasteiger partial charge in [-0.1, -0.05) is 6.92 Å². The smallest absolute Gasteiger partial charge is 0.232 e. The van der Waals surface area contributed by atoms with Gasteiger partial charge in [0.2, 0.25) is 5.91 Å². The first-order valence-electron chi connectivity index (χ1n) is 5.22. The monoisotopic (exact) mass is 216 g/mol. The summed E-state index contributed by atoms with van der Waals surface area (Å²) in [4.78, 5) is 13.5. The van der Waals surface area contributed by atoms with Crippen molar-refractivity contribution in [2.24, 2.45) is 5.73 Å². The maximum atomic E-state index is 11.6. The van der Waals surface area contributed by atoms with Gasteiger partial charge in [0.15, 0.2) is 0 Å². The molecule has 1 saturated carbocycles. The molecule has 4 heteroatoms. The van der Waals surface area contributed by atoms with Crippen molar-refractivity contribution in [1.29, 1.82) is 0 Å². The molecule has 0 saturated heterocycles. The number of carbonyl (C=O) groups excluding carboxylic acids is 1. The summed E-state index contributed by atoms with van der Waals surface area (Å²) < 4.78 is 0. The number of amides is 1. The lowest BCUT2D eigenvalue weighted by molar-refractivity contribution is -0.127. The standard InChI is InChI=1S/C10H20N2OS/c1-8(5-6-11)14-7-10(13)12(2)9-3-4-9/h8-9H,3-7,11H2,1-2H3. The number of hydrogen-bond acceptors (Lipinski definition) is 3. The van der Waals surface area contributed by atoms with Gasteiger partial charge in [0.25, 0.3) is 0 Å². The van der Waals surface area contributed by atoms with E-state index >= 15 is 0 Å². The van der Waals surface area contributed by atoms with E-state index in [1.165, 1.54) is 12.8 Å². The van der Waals surface area contributed by atoms with Gasteiger partial charge in [-0.3, -0.25) is 4.79 Å². The van der Waals surface area contributed by atoms with Crippen molar-refractivity contribution in [3.8, 4) is 0 Å². The van der Waals surface area contributed by atoms with Crippen LogP contribution >= 0.6 is 11.8 Å². The molecule has 0 aromatic heterocycles. The lowest BCUT2D eigenvalue weighted by Gasteiger charge is -2.17. The summed E-state index contributed by atoms with van der Waals surface area (Å²) in [5.74, 6) is 0.870. The molecular weight excluding hydrogens is 196 g/mol.